The molecule has 2 aliphatic rings. The number of fused-ring (bicyclic) bond motifs is 1. The molecule has 1 spiro atoms. The molecule has 192 valence electrons. The quantitative estimate of drug-likeness (QED) is 0.385. The number of anilines is 3. The van der Waals surface area contributed by atoms with Gasteiger partial charge in [-0.25, -0.2) is 19.9 Å². The Hall–Kier alpha value is -1.83. The number of thiazole rings is 1. The summed E-state index contributed by atoms with van der Waals surface area (Å²) in [5.74, 6) is 1.36. The van der Waals surface area contributed by atoms with E-state index in [1.807, 2.05) is 26.3 Å². The zero-order chi connectivity index (χ0) is 25.7. The zero-order valence-electron chi connectivity index (χ0n) is 20.3. The van der Waals surface area contributed by atoms with Crippen LogP contribution in [-0.4, -0.2) is 42.3 Å². The molecule has 0 aromatic carbocycles. The lowest BCUT2D eigenvalue weighted by Gasteiger charge is -2.43. The molecule has 2 atom stereocenters. The van der Waals surface area contributed by atoms with Gasteiger partial charge in [-0.1, -0.05) is 23.4 Å². The van der Waals surface area contributed by atoms with Gasteiger partial charge < -0.3 is 20.9 Å². The normalized spacial score (nSPS) is 20.0. The third-order valence-corrected chi connectivity index (χ3v) is 10.8. The first-order valence-corrected chi connectivity index (χ1v) is 14.9. The van der Waals surface area contributed by atoms with E-state index in [9.17, 15) is 4.55 Å². The molecule has 0 amide bonds. The van der Waals surface area contributed by atoms with Crippen molar-refractivity contribution in [2.24, 2.45) is 5.41 Å². The first-order valence-electron chi connectivity index (χ1n) is 11.6. The number of halogens is 1. The molecule has 3 aromatic rings. The molecule has 5 N–H and O–H groups in total. The Labute approximate surface area is 227 Å². The molecule has 1 aliphatic carbocycles. The molecule has 0 radical (unpaired) electrons. The number of hydrogen-bond donors (Lipinski definition) is 3. The van der Waals surface area contributed by atoms with Crippen LogP contribution in [0.3, 0.4) is 0 Å². The Balaban J connectivity index is 1.30. The van der Waals surface area contributed by atoms with Crippen molar-refractivity contribution in [3.8, 4) is 0 Å². The molecule has 1 aliphatic heterocycles. The molecule has 4 heterocycles. The Morgan fingerprint density at radius 3 is 2.67 bits per heavy atom. The monoisotopic (exact) mass is 564 g/mol. The van der Waals surface area contributed by atoms with Gasteiger partial charge in [0.25, 0.3) is 0 Å². The van der Waals surface area contributed by atoms with Crippen molar-refractivity contribution in [2.75, 3.05) is 29.5 Å². The summed E-state index contributed by atoms with van der Waals surface area (Å²) in [6.45, 7) is 7.59. The van der Waals surface area contributed by atoms with Crippen molar-refractivity contribution in [1.82, 2.24) is 24.7 Å². The summed E-state index contributed by atoms with van der Waals surface area (Å²) in [4.78, 5) is 22.1. The second kappa shape index (κ2) is 9.80. The maximum Gasteiger partial charge on any atom is 0.158 e. The highest BCUT2D eigenvalue weighted by atomic mass is 35.5. The Bertz CT molecular complexity index is 1260. The van der Waals surface area contributed by atoms with Crippen LogP contribution in [-0.2, 0) is 17.8 Å². The number of pyridine rings is 1. The van der Waals surface area contributed by atoms with Crippen LogP contribution in [0.15, 0.2) is 33.9 Å². The molecular weight excluding hydrogens is 536 g/mol. The summed E-state index contributed by atoms with van der Waals surface area (Å²) in [5.41, 5.74) is 15.0. The number of nitrogens with one attached hydrogen (secondary N) is 1. The predicted octanol–water partition coefficient (Wildman–Crippen LogP) is 4.23. The lowest BCUT2D eigenvalue weighted by molar-refractivity contribution is 0.174. The molecule has 1 fully saturated rings. The standard InChI is InChI=1S/C23H29ClN8OS3/c1-22(2,3)36(33)31-18-17-14(34-12-29-17)10-23(18)5-8-32(9-6-23)15-11-28-21(20(26)30-15)35-13-4-7-27-19(25)16(13)24/h4,7,11-12,18,31H,5-6,8-10H2,1-3H3,(H2,25,27)(H2,26,30)/t18-,36-/m1/s1. The van der Waals surface area contributed by atoms with Gasteiger partial charge in [0.2, 0.25) is 0 Å². The smallest absolute Gasteiger partial charge is 0.158 e. The van der Waals surface area contributed by atoms with Crippen molar-refractivity contribution in [3.05, 3.63) is 39.6 Å². The molecule has 3 aromatic heterocycles. The number of piperidine rings is 1. The van der Waals surface area contributed by atoms with E-state index in [4.69, 9.17) is 23.1 Å². The van der Waals surface area contributed by atoms with Gasteiger partial charge in [-0.15, -0.1) is 16.1 Å². The van der Waals surface area contributed by atoms with Gasteiger partial charge in [0.05, 0.1) is 22.4 Å². The summed E-state index contributed by atoms with van der Waals surface area (Å²) < 4.78 is 16.1. The highest BCUT2D eigenvalue weighted by Crippen LogP contribution is 2.53. The number of nitrogens with two attached hydrogens (primary N) is 2. The lowest BCUT2D eigenvalue weighted by Crippen LogP contribution is -2.50. The van der Waals surface area contributed by atoms with E-state index in [0.29, 0.717) is 15.9 Å². The van der Waals surface area contributed by atoms with Gasteiger partial charge >= 0.3 is 0 Å². The molecular formula is C23H29ClN8OS3. The number of aromatic nitrogens is 4. The van der Waals surface area contributed by atoms with Crippen LogP contribution in [0.25, 0.3) is 0 Å². The number of nitrogens with zero attached hydrogens (tertiary/aromatic N) is 5. The van der Waals surface area contributed by atoms with Crippen LogP contribution in [0.1, 0.15) is 50.2 Å². The van der Waals surface area contributed by atoms with Gasteiger partial charge in [0.1, 0.15) is 27.5 Å². The van der Waals surface area contributed by atoms with Gasteiger partial charge in [0.15, 0.2) is 5.82 Å². The van der Waals surface area contributed by atoms with Crippen molar-refractivity contribution >= 4 is 63.5 Å². The Morgan fingerprint density at radius 2 is 1.97 bits per heavy atom. The van der Waals surface area contributed by atoms with E-state index in [1.165, 1.54) is 16.6 Å². The van der Waals surface area contributed by atoms with E-state index in [-0.39, 0.29) is 22.0 Å². The van der Waals surface area contributed by atoms with Gasteiger partial charge in [0, 0.05) is 45.8 Å². The second-order valence-corrected chi connectivity index (χ2v) is 14.5. The maximum absolute atomic E-state index is 13.0. The maximum atomic E-state index is 13.0. The molecule has 1 saturated heterocycles. The highest BCUT2D eigenvalue weighted by molar-refractivity contribution is 7.99. The number of hydrogen-bond acceptors (Lipinski definition) is 11. The summed E-state index contributed by atoms with van der Waals surface area (Å²) in [7, 11) is 0. The van der Waals surface area contributed by atoms with Gasteiger partial charge in [-0.2, -0.15) is 0 Å². The van der Waals surface area contributed by atoms with Crippen LogP contribution in [0.4, 0.5) is 17.5 Å². The largest absolute Gasteiger partial charge is 0.598 e. The molecule has 13 heteroatoms. The zero-order valence-corrected chi connectivity index (χ0v) is 23.5. The molecule has 36 heavy (non-hydrogen) atoms. The minimum atomic E-state index is -1.18. The first kappa shape index (κ1) is 25.8. The lowest BCUT2D eigenvalue weighted by atomic mass is 9.73. The fourth-order valence-corrected chi connectivity index (χ4v) is 7.61. The van der Waals surface area contributed by atoms with Crippen molar-refractivity contribution in [1.29, 1.82) is 0 Å². The van der Waals surface area contributed by atoms with Crippen molar-refractivity contribution in [3.63, 3.8) is 0 Å². The summed E-state index contributed by atoms with van der Waals surface area (Å²) >= 11 is 8.10. The fourth-order valence-electron chi connectivity index (χ4n) is 4.71. The minimum absolute atomic E-state index is 0.0143. The molecule has 0 saturated carbocycles. The third-order valence-electron chi connectivity index (χ3n) is 6.77. The average molecular weight is 565 g/mol. The summed E-state index contributed by atoms with van der Waals surface area (Å²) in [6, 6.07) is 1.75. The highest BCUT2D eigenvalue weighted by Gasteiger charge is 2.52. The topological polar surface area (TPSA) is 142 Å². The van der Waals surface area contributed by atoms with Crippen LogP contribution < -0.4 is 21.1 Å². The van der Waals surface area contributed by atoms with Crippen molar-refractivity contribution in [2.45, 2.75) is 60.7 Å². The van der Waals surface area contributed by atoms with Crippen LogP contribution in [0.5, 0.6) is 0 Å². The molecule has 0 unspecified atom stereocenters. The Morgan fingerprint density at radius 1 is 1.22 bits per heavy atom. The predicted molar refractivity (Wildman–Crippen MR) is 148 cm³/mol. The van der Waals surface area contributed by atoms with Crippen LogP contribution >= 0.6 is 34.7 Å². The SMILES string of the molecule is CC(C)(C)[S@@+]([O-])N[C@@H]1c2ncsc2CC12CCN(c1cnc(Sc3ccnc(N)c3Cl)c(N)n1)CC2. The van der Waals surface area contributed by atoms with E-state index in [1.54, 1.807) is 29.8 Å². The molecule has 9 nitrogen and oxygen atoms in total. The molecule has 5 rings (SSSR count). The van der Waals surface area contributed by atoms with E-state index < -0.39 is 11.4 Å². The minimum Gasteiger partial charge on any atom is -0.598 e. The fraction of sp³-hybridized carbons (Fsp3) is 0.478. The van der Waals surface area contributed by atoms with Crippen LogP contribution in [0.2, 0.25) is 5.02 Å². The summed E-state index contributed by atoms with van der Waals surface area (Å²) in [5, 5.41) is 0.948. The van der Waals surface area contributed by atoms with Crippen LogP contribution in [0, 0.1) is 5.41 Å². The van der Waals surface area contributed by atoms with E-state index in [0.717, 1.165) is 48.8 Å². The molecule has 0 bridgehead atoms. The van der Waals surface area contributed by atoms with E-state index in [2.05, 4.69) is 29.6 Å². The summed E-state index contributed by atoms with van der Waals surface area (Å²) in [6.07, 6.45) is 6.17. The second-order valence-electron chi connectivity index (χ2n) is 10.1. The van der Waals surface area contributed by atoms with E-state index >= 15 is 0 Å². The number of rotatable bonds is 5. The van der Waals surface area contributed by atoms with Crippen molar-refractivity contribution < 1.29 is 4.55 Å². The third kappa shape index (κ3) is 4.86. The van der Waals surface area contributed by atoms with Gasteiger partial charge in [-0.05, 0) is 46.1 Å². The Kier molecular flexibility index (Phi) is 7.03. The van der Waals surface area contributed by atoms with Gasteiger partial charge in [-0.3, -0.25) is 0 Å². The average Bonchev–Trinajstić information content (AvgIpc) is 3.38. The first-order chi connectivity index (χ1) is 17.1. The number of nitrogen functional groups attached to an aromatic ring is 2.